The minimum absolute atomic E-state index is 0.00653. The van der Waals surface area contributed by atoms with Gasteiger partial charge in [-0.3, -0.25) is 0 Å². The molecule has 3 rings (SSSR count). The zero-order valence-corrected chi connectivity index (χ0v) is 10.4. The van der Waals surface area contributed by atoms with E-state index in [0.29, 0.717) is 30.5 Å². The number of tetrazole rings is 1. The summed E-state index contributed by atoms with van der Waals surface area (Å²) in [5.41, 5.74) is 0.575. The summed E-state index contributed by atoms with van der Waals surface area (Å²) in [5.74, 6) is -0.385. The van der Waals surface area contributed by atoms with Crippen LogP contribution >= 0.6 is 0 Å². The van der Waals surface area contributed by atoms with Crippen LogP contribution in [0.25, 0.3) is 0 Å². The summed E-state index contributed by atoms with van der Waals surface area (Å²) in [4.78, 5) is 11.0. The third-order valence-corrected chi connectivity index (χ3v) is 3.12. The lowest BCUT2D eigenvalue weighted by molar-refractivity contribution is 0.0689. The van der Waals surface area contributed by atoms with E-state index in [2.05, 4.69) is 25.8 Å². The number of aromatic carboxylic acids is 1. The molecule has 0 radical (unpaired) electrons. The summed E-state index contributed by atoms with van der Waals surface area (Å²) in [6, 6.07) is 0.373. The van der Waals surface area contributed by atoms with Crippen LogP contribution in [0.4, 0.5) is 0 Å². The maximum atomic E-state index is 11.0. The minimum atomic E-state index is -1.06. The number of aromatic nitrogens is 7. The Morgan fingerprint density at radius 1 is 1.37 bits per heavy atom. The number of nitrogens with zero attached hydrogens (tertiary/aromatic N) is 7. The minimum Gasteiger partial charge on any atom is -0.476 e. The van der Waals surface area contributed by atoms with Gasteiger partial charge in [0.05, 0.1) is 11.7 Å². The summed E-state index contributed by atoms with van der Waals surface area (Å²) in [6.07, 6.45) is 2.70. The Morgan fingerprint density at radius 2 is 2.16 bits per heavy atom. The van der Waals surface area contributed by atoms with Gasteiger partial charge in [0, 0.05) is 0 Å². The average molecular weight is 263 g/mol. The van der Waals surface area contributed by atoms with E-state index in [9.17, 15) is 4.79 Å². The molecule has 1 aliphatic carbocycles. The summed E-state index contributed by atoms with van der Waals surface area (Å²) in [6.45, 7) is 2.21. The van der Waals surface area contributed by atoms with E-state index in [0.717, 1.165) is 12.8 Å². The highest BCUT2D eigenvalue weighted by Crippen LogP contribution is 2.34. The smallest absolute Gasteiger partial charge is 0.358 e. The van der Waals surface area contributed by atoms with Crippen molar-refractivity contribution in [2.24, 2.45) is 0 Å². The van der Waals surface area contributed by atoms with Gasteiger partial charge in [0.25, 0.3) is 0 Å². The summed E-state index contributed by atoms with van der Waals surface area (Å²) in [7, 11) is 0. The van der Waals surface area contributed by atoms with Crippen molar-refractivity contribution in [3.8, 4) is 0 Å². The Kier molecular flexibility index (Phi) is 2.73. The molecule has 9 heteroatoms. The Bertz CT molecular complexity index is 613. The zero-order chi connectivity index (χ0) is 13.4. The summed E-state index contributed by atoms with van der Waals surface area (Å²) in [5, 5.41) is 28.2. The fourth-order valence-electron chi connectivity index (χ4n) is 2.03. The standard InChI is InChI=1S/C10H13N7O2/c1-2-7-9(10(18)19)12-14-16(7)5-8-11-13-15-17(8)6-3-4-6/h6H,2-5H2,1H3,(H,18,19). The molecule has 1 fully saturated rings. The predicted octanol–water partition coefficient (Wildman–Crippen LogP) is -0.0916. The molecular weight excluding hydrogens is 250 g/mol. The first kappa shape index (κ1) is 11.8. The number of hydrogen-bond acceptors (Lipinski definition) is 6. The second kappa shape index (κ2) is 4.41. The fraction of sp³-hybridized carbons (Fsp3) is 0.600. The number of carboxylic acids is 1. The monoisotopic (exact) mass is 263 g/mol. The molecule has 0 amide bonds. The molecule has 0 aliphatic heterocycles. The lowest BCUT2D eigenvalue weighted by Crippen LogP contribution is -2.13. The molecule has 0 unspecified atom stereocenters. The zero-order valence-electron chi connectivity index (χ0n) is 10.4. The average Bonchev–Trinajstić information content (AvgIpc) is 2.99. The largest absolute Gasteiger partial charge is 0.476 e. The van der Waals surface area contributed by atoms with Gasteiger partial charge >= 0.3 is 5.97 Å². The van der Waals surface area contributed by atoms with E-state index >= 15 is 0 Å². The molecule has 2 heterocycles. The van der Waals surface area contributed by atoms with Crippen molar-refractivity contribution >= 4 is 5.97 Å². The summed E-state index contributed by atoms with van der Waals surface area (Å²) >= 11 is 0. The Balaban J connectivity index is 1.90. The lowest BCUT2D eigenvalue weighted by atomic mass is 10.2. The molecule has 0 saturated heterocycles. The van der Waals surface area contributed by atoms with Crippen molar-refractivity contribution in [1.29, 1.82) is 0 Å². The quantitative estimate of drug-likeness (QED) is 0.802. The maximum Gasteiger partial charge on any atom is 0.358 e. The van der Waals surface area contributed by atoms with Crippen LogP contribution in [-0.4, -0.2) is 46.3 Å². The molecule has 1 aliphatic rings. The van der Waals surface area contributed by atoms with Crippen LogP contribution < -0.4 is 0 Å². The number of hydrogen-bond donors (Lipinski definition) is 1. The number of rotatable bonds is 5. The van der Waals surface area contributed by atoms with Gasteiger partial charge in [-0.25, -0.2) is 14.2 Å². The van der Waals surface area contributed by atoms with Gasteiger partial charge in [0.2, 0.25) is 0 Å². The highest BCUT2D eigenvalue weighted by molar-refractivity contribution is 5.86. The van der Waals surface area contributed by atoms with Crippen molar-refractivity contribution in [3.05, 3.63) is 17.2 Å². The highest BCUT2D eigenvalue weighted by Gasteiger charge is 2.28. The van der Waals surface area contributed by atoms with E-state index in [1.54, 1.807) is 9.36 Å². The number of carboxylic acid groups (broad SMARTS) is 1. The molecule has 19 heavy (non-hydrogen) atoms. The first-order chi connectivity index (χ1) is 9.20. The molecule has 2 aromatic rings. The first-order valence-corrected chi connectivity index (χ1v) is 6.13. The van der Waals surface area contributed by atoms with Gasteiger partial charge in [0.15, 0.2) is 11.5 Å². The molecular formula is C10H13N7O2. The first-order valence-electron chi connectivity index (χ1n) is 6.13. The molecule has 1 N–H and O–H groups in total. The van der Waals surface area contributed by atoms with Crippen LogP contribution in [0.2, 0.25) is 0 Å². The molecule has 0 aromatic carbocycles. The van der Waals surface area contributed by atoms with E-state index in [-0.39, 0.29) is 5.69 Å². The van der Waals surface area contributed by atoms with Crippen LogP contribution in [0, 0.1) is 0 Å². The molecule has 0 bridgehead atoms. The Morgan fingerprint density at radius 3 is 2.79 bits per heavy atom. The van der Waals surface area contributed by atoms with Gasteiger partial charge < -0.3 is 5.11 Å². The Labute approximate surface area is 108 Å². The van der Waals surface area contributed by atoms with Crippen LogP contribution in [-0.2, 0) is 13.0 Å². The number of carbonyl (C=O) groups is 1. The van der Waals surface area contributed by atoms with Crippen LogP contribution in [0.5, 0.6) is 0 Å². The van der Waals surface area contributed by atoms with Crippen molar-refractivity contribution in [2.75, 3.05) is 0 Å². The van der Waals surface area contributed by atoms with Crippen molar-refractivity contribution in [1.82, 2.24) is 35.2 Å². The normalized spacial score (nSPS) is 14.8. The van der Waals surface area contributed by atoms with Gasteiger partial charge in [0.1, 0.15) is 6.54 Å². The Hall–Kier alpha value is -2.32. The summed E-state index contributed by atoms with van der Waals surface area (Å²) < 4.78 is 3.33. The fourth-order valence-corrected chi connectivity index (χ4v) is 2.03. The van der Waals surface area contributed by atoms with Crippen molar-refractivity contribution in [2.45, 2.75) is 38.8 Å². The third-order valence-electron chi connectivity index (χ3n) is 3.12. The van der Waals surface area contributed by atoms with Gasteiger partial charge in [-0.2, -0.15) is 0 Å². The SMILES string of the molecule is CCc1c(C(=O)O)nnn1Cc1nnnn1C1CC1. The molecule has 0 spiro atoms. The molecule has 0 atom stereocenters. The molecule has 2 aromatic heterocycles. The van der Waals surface area contributed by atoms with E-state index in [1.807, 2.05) is 6.92 Å². The molecule has 1 saturated carbocycles. The van der Waals surface area contributed by atoms with E-state index < -0.39 is 5.97 Å². The maximum absolute atomic E-state index is 11.0. The third kappa shape index (κ3) is 2.07. The van der Waals surface area contributed by atoms with Gasteiger partial charge in [-0.1, -0.05) is 12.1 Å². The van der Waals surface area contributed by atoms with Gasteiger partial charge in [-0.05, 0) is 29.7 Å². The second-order valence-corrected chi connectivity index (χ2v) is 4.47. The molecule has 9 nitrogen and oxygen atoms in total. The van der Waals surface area contributed by atoms with Crippen LogP contribution in [0.3, 0.4) is 0 Å². The van der Waals surface area contributed by atoms with Crippen molar-refractivity contribution in [3.63, 3.8) is 0 Å². The lowest BCUT2D eigenvalue weighted by Gasteiger charge is -2.05. The van der Waals surface area contributed by atoms with E-state index in [1.165, 1.54) is 0 Å². The van der Waals surface area contributed by atoms with Crippen molar-refractivity contribution < 1.29 is 9.90 Å². The van der Waals surface area contributed by atoms with Crippen LogP contribution in [0.1, 0.15) is 47.8 Å². The van der Waals surface area contributed by atoms with E-state index in [4.69, 9.17) is 5.11 Å². The van der Waals surface area contributed by atoms with Gasteiger partial charge in [-0.15, -0.1) is 10.2 Å². The molecule has 100 valence electrons. The predicted molar refractivity (Wildman–Crippen MR) is 61.5 cm³/mol. The topological polar surface area (TPSA) is 112 Å². The second-order valence-electron chi connectivity index (χ2n) is 4.47. The highest BCUT2D eigenvalue weighted by atomic mass is 16.4. The van der Waals surface area contributed by atoms with Crippen LogP contribution in [0.15, 0.2) is 0 Å².